The molecule has 0 aliphatic carbocycles. The van der Waals surface area contributed by atoms with Crippen LogP contribution in [0.1, 0.15) is 20.7 Å². The lowest BCUT2D eigenvalue weighted by atomic mass is 10.2. The predicted molar refractivity (Wildman–Crippen MR) is 125 cm³/mol. The van der Waals surface area contributed by atoms with Crippen molar-refractivity contribution >= 4 is 27.5 Å². The number of hydrogen-bond acceptors (Lipinski definition) is 7. The van der Waals surface area contributed by atoms with Gasteiger partial charge in [0, 0.05) is 17.2 Å². The van der Waals surface area contributed by atoms with E-state index in [1.807, 2.05) is 0 Å². The Kier molecular flexibility index (Phi) is 7.59. The van der Waals surface area contributed by atoms with Gasteiger partial charge in [0.15, 0.2) is 0 Å². The van der Waals surface area contributed by atoms with E-state index < -0.39 is 21.8 Å². The second-order valence-corrected chi connectivity index (χ2v) is 8.53. The largest absolute Gasteiger partial charge is 0.497 e. The van der Waals surface area contributed by atoms with Gasteiger partial charge in [-0.15, -0.1) is 0 Å². The molecule has 0 unspecified atom stereocenters. The maximum Gasteiger partial charge on any atom is 0.269 e. The summed E-state index contributed by atoms with van der Waals surface area (Å²) in [5.74, 6) is -0.186. The van der Waals surface area contributed by atoms with Gasteiger partial charge in [-0.25, -0.2) is 8.42 Å². The molecule has 0 bridgehead atoms. The Morgan fingerprint density at radius 1 is 0.706 bits per heavy atom. The molecule has 3 aromatic rings. The van der Waals surface area contributed by atoms with Crippen molar-refractivity contribution in [2.24, 2.45) is 0 Å². The van der Waals surface area contributed by atoms with Crippen molar-refractivity contribution < 1.29 is 32.2 Å². The van der Waals surface area contributed by atoms with Crippen LogP contribution in [0.25, 0.3) is 0 Å². The van der Waals surface area contributed by atoms with Crippen LogP contribution >= 0.6 is 0 Å². The summed E-state index contributed by atoms with van der Waals surface area (Å²) in [6.07, 6.45) is 0. The van der Waals surface area contributed by atoms with Crippen LogP contribution in [-0.2, 0) is 10.0 Å². The van der Waals surface area contributed by atoms with Crippen LogP contribution in [-0.4, -0.2) is 41.6 Å². The Balaban J connectivity index is 1.73. The molecule has 10 nitrogen and oxygen atoms in total. The lowest BCUT2D eigenvalue weighted by Gasteiger charge is -2.13. The van der Waals surface area contributed by atoms with E-state index in [1.54, 1.807) is 30.3 Å². The molecular weight excluding hydrogens is 462 g/mol. The molecule has 0 aliphatic rings. The Morgan fingerprint density at radius 3 is 1.94 bits per heavy atom. The van der Waals surface area contributed by atoms with Crippen LogP contribution in [0.2, 0.25) is 0 Å². The molecule has 3 N–H and O–H groups in total. The van der Waals surface area contributed by atoms with Crippen LogP contribution in [0.15, 0.2) is 71.6 Å². The van der Waals surface area contributed by atoms with E-state index in [0.29, 0.717) is 17.2 Å². The van der Waals surface area contributed by atoms with E-state index in [-0.39, 0.29) is 21.7 Å². The molecule has 0 radical (unpaired) electrons. The number of sulfonamides is 1. The molecule has 34 heavy (non-hydrogen) atoms. The highest BCUT2D eigenvalue weighted by molar-refractivity contribution is 7.92. The number of nitrogens with one attached hydrogen (secondary N) is 3. The van der Waals surface area contributed by atoms with Crippen LogP contribution in [0.3, 0.4) is 0 Å². The molecular formula is C23H23N3O7S. The molecule has 3 aromatic carbocycles. The summed E-state index contributed by atoms with van der Waals surface area (Å²) in [6.45, 7) is 0. The van der Waals surface area contributed by atoms with Crippen molar-refractivity contribution in [3.63, 3.8) is 0 Å². The van der Waals surface area contributed by atoms with Gasteiger partial charge in [0.2, 0.25) is 0 Å². The second kappa shape index (κ2) is 10.6. The standard InChI is InChI=1S/C23H23N3O7S/c1-31-17-11-16(12-18(14-17)32-2)23(28)25-24-22(27)15-7-6-8-19(13-15)34(29,30)26-20-9-4-5-10-21(20)33-3/h4-14,26H,1-3H3,(H,24,27)(H,25,28). The molecule has 0 saturated carbocycles. The topological polar surface area (TPSA) is 132 Å². The third-order valence-electron chi connectivity index (χ3n) is 4.66. The van der Waals surface area contributed by atoms with Crippen molar-refractivity contribution in [2.45, 2.75) is 4.90 Å². The third-order valence-corrected chi connectivity index (χ3v) is 6.02. The van der Waals surface area contributed by atoms with Gasteiger partial charge in [-0.3, -0.25) is 25.2 Å². The normalized spacial score (nSPS) is 10.7. The molecule has 0 spiro atoms. The smallest absolute Gasteiger partial charge is 0.269 e. The summed E-state index contributed by atoms with van der Waals surface area (Å²) in [5.41, 5.74) is 5.00. The van der Waals surface area contributed by atoms with Crippen LogP contribution in [0.4, 0.5) is 5.69 Å². The predicted octanol–water partition coefficient (Wildman–Crippen LogP) is 2.59. The number of benzene rings is 3. The van der Waals surface area contributed by atoms with Crippen molar-refractivity contribution in [3.8, 4) is 17.2 Å². The van der Waals surface area contributed by atoms with Crippen LogP contribution in [0.5, 0.6) is 17.2 Å². The summed E-state index contributed by atoms with van der Waals surface area (Å²) in [5, 5.41) is 0. The fraction of sp³-hybridized carbons (Fsp3) is 0.130. The second-order valence-electron chi connectivity index (χ2n) is 6.84. The molecule has 0 saturated heterocycles. The molecule has 178 valence electrons. The zero-order valence-electron chi connectivity index (χ0n) is 18.6. The van der Waals surface area contributed by atoms with E-state index in [0.717, 1.165) is 0 Å². The molecule has 0 aliphatic heterocycles. The van der Waals surface area contributed by atoms with Gasteiger partial charge in [0.05, 0.1) is 31.9 Å². The average Bonchev–Trinajstić information content (AvgIpc) is 2.86. The van der Waals surface area contributed by atoms with Crippen LogP contribution in [0, 0.1) is 0 Å². The molecule has 0 fully saturated rings. The van der Waals surface area contributed by atoms with Crippen molar-refractivity contribution in [2.75, 3.05) is 26.1 Å². The van der Waals surface area contributed by atoms with Crippen molar-refractivity contribution in [3.05, 3.63) is 77.9 Å². The fourth-order valence-electron chi connectivity index (χ4n) is 2.93. The maximum atomic E-state index is 12.8. The highest BCUT2D eigenvalue weighted by Crippen LogP contribution is 2.26. The third kappa shape index (κ3) is 5.75. The summed E-state index contributed by atoms with van der Waals surface area (Å²) < 4.78 is 43.5. The number of carbonyl (C=O) groups is 2. The fourth-order valence-corrected chi connectivity index (χ4v) is 4.05. The summed E-state index contributed by atoms with van der Waals surface area (Å²) in [7, 11) is 0.301. The molecule has 0 atom stereocenters. The van der Waals surface area contributed by atoms with Crippen LogP contribution < -0.4 is 29.8 Å². The van der Waals surface area contributed by atoms with Gasteiger partial charge in [-0.05, 0) is 42.5 Å². The first-order valence-electron chi connectivity index (χ1n) is 9.87. The monoisotopic (exact) mass is 485 g/mol. The van der Waals surface area contributed by atoms with E-state index in [4.69, 9.17) is 14.2 Å². The maximum absolute atomic E-state index is 12.8. The average molecular weight is 486 g/mol. The van der Waals surface area contributed by atoms with Crippen molar-refractivity contribution in [1.82, 2.24) is 10.9 Å². The van der Waals surface area contributed by atoms with Gasteiger partial charge in [0.25, 0.3) is 21.8 Å². The number of anilines is 1. The quantitative estimate of drug-likeness (QED) is 0.418. The van der Waals surface area contributed by atoms with Gasteiger partial charge >= 0.3 is 0 Å². The van der Waals surface area contributed by atoms with Gasteiger partial charge in [-0.2, -0.15) is 0 Å². The Hall–Kier alpha value is -4.25. The zero-order chi connectivity index (χ0) is 24.7. The number of hydrogen-bond donors (Lipinski definition) is 3. The number of amides is 2. The number of methoxy groups -OCH3 is 3. The molecule has 0 aromatic heterocycles. The highest BCUT2D eigenvalue weighted by Gasteiger charge is 2.19. The minimum Gasteiger partial charge on any atom is -0.497 e. The number of rotatable bonds is 8. The van der Waals surface area contributed by atoms with E-state index in [2.05, 4.69) is 15.6 Å². The number of carbonyl (C=O) groups excluding carboxylic acids is 2. The highest BCUT2D eigenvalue weighted by atomic mass is 32.2. The number of hydrazine groups is 1. The number of ether oxygens (including phenoxy) is 3. The lowest BCUT2D eigenvalue weighted by Crippen LogP contribution is -2.41. The first-order chi connectivity index (χ1) is 16.3. The van der Waals surface area contributed by atoms with E-state index >= 15 is 0 Å². The molecule has 11 heteroatoms. The SMILES string of the molecule is COc1cc(OC)cc(C(=O)NNC(=O)c2cccc(S(=O)(=O)Nc3ccccc3OC)c2)c1. The Morgan fingerprint density at radius 2 is 1.32 bits per heavy atom. The minimum atomic E-state index is -4.02. The molecule has 0 heterocycles. The Bertz CT molecular complexity index is 1290. The van der Waals surface area contributed by atoms with Gasteiger partial charge in [-0.1, -0.05) is 18.2 Å². The minimum absolute atomic E-state index is 0.0198. The zero-order valence-corrected chi connectivity index (χ0v) is 19.4. The number of para-hydroxylation sites is 2. The molecule has 3 rings (SSSR count). The van der Waals surface area contributed by atoms with E-state index in [9.17, 15) is 18.0 Å². The first kappa shape index (κ1) is 24.4. The van der Waals surface area contributed by atoms with Gasteiger partial charge < -0.3 is 14.2 Å². The van der Waals surface area contributed by atoms with E-state index in [1.165, 1.54) is 57.7 Å². The summed E-state index contributed by atoms with van der Waals surface area (Å²) >= 11 is 0. The van der Waals surface area contributed by atoms with Crippen molar-refractivity contribution in [1.29, 1.82) is 0 Å². The van der Waals surface area contributed by atoms with Gasteiger partial charge in [0.1, 0.15) is 17.2 Å². The Labute approximate surface area is 196 Å². The first-order valence-corrected chi connectivity index (χ1v) is 11.4. The molecule has 2 amide bonds. The summed E-state index contributed by atoms with van der Waals surface area (Å²) in [6, 6.07) is 16.4. The lowest BCUT2D eigenvalue weighted by molar-refractivity contribution is 0.0846. The summed E-state index contributed by atoms with van der Waals surface area (Å²) in [4.78, 5) is 24.9.